The zero-order chi connectivity index (χ0) is 16.2. The molecule has 0 spiro atoms. The van der Waals surface area contributed by atoms with Crippen LogP contribution in [0.4, 0.5) is 5.69 Å². The number of carbonyl (C=O) groups excluding carboxylic acids is 1. The normalized spacial score (nSPS) is 14.5. The number of aryl methyl sites for hydroxylation is 1. The van der Waals surface area contributed by atoms with Crippen molar-refractivity contribution < 1.29 is 13.2 Å². The maximum absolute atomic E-state index is 12.5. The summed E-state index contributed by atoms with van der Waals surface area (Å²) in [6.45, 7) is 7.01. The van der Waals surface area contributed by atoms with Crippen molar-refractivity contribution >= 4 is 21.4 Å². The number of benzene rings is 1. The molecule has 0 saturated carbocycles. The molecule has 0 saturated heterocycles. The summed E-state index contributed by atoms with van der Waals surface area (Å²) >= 11 is 0. The third-order valence-corrected chi connectivity index (χ3v) is 5.65. The maximum Gasteiger partial charge on any atom is 0.238 e. The van der Waals surface area contributed by atoms with Crippen LogP contribution in [0, 0.1) is 6.92 Å². The highest BCUT2D eigenvalue weighted by Crippen LogP contribution is 2.25. The van der Waals surface area contributed by atoms with Gasteiger partial charge in [0, 0.05) is 6.04 Å². The summed E-state index contributed by atoms with van der Waals surface area (Å²) in [7, 11) is -3.79. The number of sulfone groups is 1. The standard InChI is InChI=1S/C15H24N2O3S/c1-5-7-11(3)17-15(18)12(4)21(19,20)13-9-6-8-10(2)14(13)16/h6,8-9,11-12H,5,7,16H2,1-4H3,(H,17,18). The SMILES string of the molecule is CCCC(C)NC(=O)C(C)S(=O)(=O)c1cccc(C)c1N. The minimum atomic E-state index is -3.79. The minimum absolute atomic E-state index is 0.0216. The average Bonchev–Trinajstić information content (AvgIpc) is 2.40. The zero-order valence-corrected chi connectivity index (χ0v) is 13.8. The van der Waals surface area contributed by atoms with Gasteiger partial charge in [-0.1, -0.05) is 25.5 Å². The molecule has 2 atom stereocenters. The maximum atomic E-state index is 12.5. The number of carbonyl (C=O) groups is 1. The van der Waals surface area contributed by atoms with Crippen LogP contribution in [0.3, 0.4) is 0 Å². The molecule has 0 heterocycles. The second kappa shape index (κ2) is 6.93. The smallest absolute Gasteiger partial charge is 0.238 e. The molecule has 1 aromatic rings. The molecular formula is C15H24N2O3S. The predicted molar refractivity (Wildman–Crippen MR) is 84.8 cm³/mol. The number of hydrogen-bond acceptors (Lipinski definition) is 4. The van der Waals surface area contributed by atoms with Gasteiger partial charge in [0.2, 0.25) is 5.91 Å². The van der Waals surface area contributed by atoms with Crippen LogP contribution in [-0.2, 0) is 14.6 Å². The lowest BCUT2D eigenvalue weighted by atomic mass is 10.2. The van der Waals surface area contributed by atoms with Gasteiger partial charge in [-0.15, -0.1) is 0 Å². The fraction of sp³-hybridized carbons (Fsp3) is 0.533. The second-order valence-corrected chi connectivity index (χ2v) is 7.61. The number of nitrogens with one attached hydrogen (secondary N) is 1. The van der Waals surface area contributed by atoms with Gasteiger partial charge in [-0.05, 0) is 38.8 Å². The Hall–Kier alpha value is -1.56. The number of nitrogen functional groups attached to an aromatic ring is 1. The van der Waals surface area contributed by atoms with Crippen LogP contribution in [0.25, 0.3) is 0 Å². The van der Waals surface area contributed by atoms with E-state index in [9.17, 15) is 13.2 Å². The fourth-order valence-corrected chi connectivity index (χ4v) is 3.57. The monoisotopic (exact) mass is 312 g/mol. The van der Waals surface area contributed by atoms with Crippen LogP contribution in [0.1, 0.15) is 39.2 Å². The van der Waals surface area contributed by atoms with E-state index in [1.807, 2.05) is 13.8 Å². The van der Waals surface area contributed by atoms with Crippen LogP contribution in [0.2, 0.25) is 0 Å². The number of anilines is 1. The first-order valence-electron chi connectivity index (χ1n) is 7.11. The van der Waals surface area contributed by atoms with E-state index in [4.69, 9.17) is 5.73 Å². The summed E-state index contributed by atoms with van der Waals surface area (Å²) in [6, 6.07) is 4.76. The summed E-state index contributed by atoms with van der Waals surface area (Å²) in [5, 5.41) is 1.57. The van der Waals surface area contributed by atoms with Crippen LogP contribution in [0.5, 0.6) is 0 Å². The highest BCUT2D eigenvalue weighted by molar-refractivity contribution is 7.93. The van der Waals surface area contributed by atoms with Crippen LogP contribution in [0.15, 0.2) is 23.1 Å². The van der Waals surface area contributed by atoms with Gasteiger partial charge in [-0.3, -0.25) is 4.79 Å². The van der Waals surface area contributed by atoms with Crippen molar-refractivity contribution in [3.8, 4) is 0 Å². The number of rotatable bonds is 6. The second-order valence-electron chi connectivity index (χ2n) is 5.37. The Morgan fingerprint density at radius 3 is 2.52 bits per heavy atom. The lowest BCUT2D eigenvalue weighted by Crippen LogP contribution is -2.42. The van der Waals surface area contributed by atoms with E-state index >= 15 is 0 Å². The molecule has 0 aliphatic rings. The predicted octanol–water partition coefficient (Wildman–Crippen LogP) is 2.04. The molecule has 1 aromatic carbocycles. The van der Waals surface area contributed by atoms with Gasteiger partial charge in [0.25, 0.3) is 0 Å². The van der Waals surface area contributed by atoms with Gasteiger partial charge in [-0.2, -0.15) is 0 Å². The number of nitrogens with two attached hydrogens (primary N) is 1. The van der Waals surface area contributed by atoms with Crippen molar-refractivity contribution in [2.45, 2.75) is 56.7 Å². The molecule has 2 unspecified atom stereocenters. The van der Waals surface area contributed by atoms with Crippen molar-refractivity contribution in [3.63, 3.8) is 0 Å². The molecule has 0 bridgehead atoms. The van der Waals surface area contributed by atoms with Crippen molar-refractivity contribution in [3.05, 3.63) is 23.8 Å². The lowest BCUT2D eigenvalue weighted by molar-refractivity contribution is -0.121. The van der Waals surface area contributed by atoms with Gasteiger partial charge >= 0.3 is 0 Å². The van der Waals surface area contributed by atoms with Crippen molar-refractivity contribution in [2.24, 2.45) is 0 Å². The molecule has 6 heteroatoms. The van der Waals surface area contributed by atoms with Crippen molar-refractivity contribution in [1.82, 2.24) is 5.32 Å². The number of hydrogen-bond donors (Lipinski definition) is 2. The summed E-state index contributed by atoms with van der Waals surface area (Å²) < 4.78 is 25.1. The highest BCUT2D eigenvalue weighted by Gasteiger charge is 2.32. The Morgan fingerprint density at radius 1 is 1.33 bits per heavy atom. The molecule has 0 radical (unpaired) electrons. The first kappa shape index (κ1) is 17.5. The lowest BCUT2D eigenvalue weighted by Gasteiger charge is -2.18. The Labute approximate surface area is 126 Å². The van der Waals surface area contributed by atoms with E-state index in [-0.39, 0.29) is 16.6 Å². The molecule has 5 nitrogen and oxygen atoms in total. The molecular weight excluding hydrogens is 288 g/mol. The largest absolute Gasteiger partial charge is 0.397 e. The third kappa shape index (κ3) is 3.97. The van der Waals surface area contributed by atoms with Gasteiger partial charge in [-0.25, -0.2) is 8.42 Å². The average molecular weight is 312 g/mol. The molecule has 1 amide bonds. The van der Waals surface area contributed by atoms with Crippen LogP contribution in [-0.4, -0.2) is 25.6 Å². The Bertz CT molecular complexity index is 611. The Kier molecular flexibility index (Phi) is 5.78. The van der Waals surface area contributed by atoms with E-state index in [2.05, 4.69) is 5.32 Å². The first-order valence-corrected chi connectivity index (χ1v) is 8.65. The van der Waals surface area contributed by atoms with Gasteiger partial charge < -0.3 is 11.1 Å². The minimum Gasteiger partial charge on any atom is -0.397 e. The Balaban J connectivity index is 3.02. The molecule has 0 aromatic heterocycles. The van der Waals surface area contributed by atoms with E-state index in [0.717, 1.165) is 12.8 Å². The molecule has 1 rings (SSSR count). The van der Waals surface area contributed by atoms with Gasteiger partial charge in [0.15, 0.2) is 9.84 Å². The Morgan fingerprint density at radius 2 is 1.95 bits per heavy atom. The first-order chi connectivity index (χ1) is 9.71. The molecule has 0 aliphatic carbocycles. The van der Waals surface area contributed by atoms with E-state index < -0.39 is 21.0 Å². The van der Waals surface area contributed by atoms with E-state index in [0.29, 0.717) is 5.56 Å². The summed E-state index contributed by atoms with van der Waals surface area (Å²) in [6.07, 6.45) is 1.73. The van der Waals surface area contributed by atoms with Gasteiger partial charge in [0.1, 0.15) is 5.25 Å². The zero-order valence-electron chi connectivity index (χ0n) is 13.0. The highest BCUT2D eigenvalue weighted by atomic mass is 32.2. The summed E-state index contributed by atoms with van der Waals surface area (Å²) in [5.74, 6) is -0.489. The molecule has 3 N–H and O–H groups in total. The number of amides is 1. The van der Waals surface area contributed by atoms with Crippen molar-refractivity contribution in [2.75, 3.05) is 5.73 Å². The summed E-state index contributed by atoms with van der Waals surface area (Å²) in [4.78, 5) is 12.1. The van der Waals surface area contributed by atoms with Gasteiger partial charge in [0.05, 0.1) is 10.6 Å². The van der Waals surface area contributed by atoms with Crippen LogP contribution >= 0.6 is 0 Å². The van der Waals surface area contributed by atoms with Crippen molar-refractivity contribution in [1.29, 1.82) is 0 Å². The topological polar surface area (TPSA) is 89.3 Å². The van der Waals surface area contributed by atoms with E-state index in [1.54, 1.807) is 19.1 Å². The summed E-state index contributed by atoms with van der Waals surface area (Å²) in [5.41, 5.74) is 6.74. The molecule has 118 valence electrons. The quantitative estimate of drug-likeness (QED) is 0.787. The third-order valence-electron chi connectivity index (χ3n) is 3.54. The fourth-order valence-electron chi connectivity index (χ4n) is 2.10. The van der Waals surface area contributed by atoms with E-state index in [1.165, 1.54) is 13.0 Å². The molecule has 0 aliphatic heterocycles. The molecule has 21 heavy (non-hydrogen) atoms. The number of para-hydroxylation sites is 1. The molecule has 0 fully saturated rings. The van der Waals surface area contributed by atoms with Crippen LogP contribution < -0.4 is 11.1 Å².